The number of fused-ring (bicyclic) bond motifs is 1. The molecule has 3 rings (SSSR count). The molecule has 0 bridgehead atoms. The predicted molar refractivity (Wildman–Crippen MR) is 112 cm³/mol. The Bertz CT molecular complexity index is 1000. The van der Waals surface area contributed by atoms with Gasteiger partial charge in [-0.05, 0) is 60.2 Å². The van der Waals surface area contributed by atoms with Crippen molar-refractivity contribution in [2.45, 2.75) is 32.4 Å². The normalized spacial score (nSPS) is 11.5. The third kappa shape index (κ3) is 5.40. The van der Waals surface area contributed by atoms with E-state index < -0.39 is 6.17 Å². The van der Waals surface area contributed by atoms with Crippen molar-refractivity contribution in [2.75, 3.05) is 6.61 Å². The lowest BCUT2D eigenvalue weighted by Gasteiger charge is -2.07. The first-order valence-electron chi connectivity index (χ1n) is 9.38. The number of ether oxygens (including phenoxy) is 1. The van der Waals surface area contributed by atoms with Crippen LogP contribution in [0.3, 0.4) is 0 Å². The van der Waals surface area contributed by atoms with Gasteiger partial charge in [0.1, 0.15) is 12.4 Å². The standard InChI is InChI=1S/C24H23FN2O/c1-3-13-28-23-12-11-19-14-20(9-10-21(19)15-23)22-16-26-24(27-17-22)8-6-4-5-7-18(2)25/h3,9-12,14-18H,1,4-5,7,13H2,2H3. The molecule has 0 fully saturated rings. The van der Waals surface area contributed by atoms with E-state index in [0.29, 0.717) is 25.3 Å². The minimum Gasteiger partial charge on any atom is -0.490 e. The van der Waals surface area contributed by atoms with Crippen molar-refractivity contribution in [1.29, 1.82) is 0 Å². The van der Waals surface area contributed by atoms with Gasteiger partial charge in [0.2, 0.25) is 5.82 Å². The van der Waals surface area contributed by atoms with E-state index in [-0.39, 0.29) is 0 Å². The van der Waals surface area contributed by atoms with Crippen LogP contribution in [-0.4, -0.2) is 22.7 Å². The van der Waals surface area contributed by atoms with Crippen molar-refractivity contribution >= 4 is 10.8 Å². The quantitative estimate of drug-likeness (QED) is 0.300. The maximum absolute atomic E-state index is 12.7. The third-order valence-electron chi connectivity index (χ3n) is 4.27. The molecular weight excluding hydrogens is 351 g/mol. The summed E-state index contributed by atoms with van der Waals surface area (Å²) in [5, 5.41) is 2.23. The van der Waals surface area contributed by atoms with E-state index in [1.165, 1.54) is 0 Å². The second-order valence-electron chi connectivity index (χ2n) is 6.59. The van der Waals surface area contributed by atoms with Crippen LogP contribution in [0.25, 0.3) is 21.9 Å². The molecule has 0 N–H and O–H groups in total. The summed E-state index contributed by atoms with van der Waals surface area (Å²) in [6, 6.07) is 12.2. The Hall–Kier alpha value is -3.19. The summed E-state index contributed by atoms with van der Waals surface area (Å²) in [7, 11) is 0. The van der Waals surface area contributed by atoms with Crippen LogP contribution in [0.1, 0.15) is 32.0 Å². The monoisotopic (exact) mass is 374 g/mol. The fraction of sp³-hybridized carbons (Fsp3) is 0.250. The summed E-state index contributed by atoms with van der Waals surface area (Å²) in [5.74, 6) is 7.25. The number of alkyl halides is 1. The molecule has 0 radical (unpaired) electrons. The van der Waals surface area contributed by atoms with E-state index in [1.54, 1.807) is 25.4 Å². The van der Waals surface area contributed by atoms with Crippen molar-refractivity contribution < 1.29 is 9.13 Å². The number of nitrogens with zero attached hydrogens (tertiary/aromatic N) is 2. The molecule has 1 atom stereocenters. The van der Waals surface area contributed by atoms with Gasteiger partial charge < -0.3 is 4.74 Å². The molecule has 0 aliphatic rings. The summed E-state index contributed by atoms with van der Waals surface area (Å²) in [5.41, 5.74) is 1.98. The van der Waals surface area contributed by atoms with Gasteiger partial charge in [-0.25, -0.2) is 14.4 Å². The average molecular weight is 374 g/mol. The number of hydrogen-bond donors (Lipinski definition) is 0. The summed E-state index contributed by atoms with van der Waals surface area (Å²) in [4.78, 5) is 8.66. The second kappa shape index (κ2) is 9.66. The molecule has 0 spiro atoms. The van der Waals surface area contributed by atoms with Crippen molar-refractivity contribution in [3.05, 3.63) is 67.3 Å². The third-order valence-corrected chi connectivity index (χ3v) is 4.27. The molecule has 0 aliphatic carbocycles. The number of hydrogen-bond acceptors (Lipinski definition) is 3. The zero-order chi connectivity index (χ0) is 19.8. The first kappa shape index (κ1) is 19.6. The van der Waals surface area contributed by atoms with Crippen molar-refractivity contribution in [3.8, 4) is 28.7 Å². The first-order chi connectivity index (χ1) is 13.7. The minimum atomic E-state index is -0.773. The summed E-state index contributed by atoms with van der Waals surface area (Å²) < 4.78 is 18.3. The van der Waals surface area contributed by atoms with Gasteiger partial charge in [-0.15, -0.1) is 0 Å². The average Bonchev–Trinajstić information content (AvgIpc) is 2.71. The lowest BCUT2D eigenvalue weighted by molar-refractivity contribution is 0.336. The van der Waals surface area contributed by atoms with Crippen LogP contribution in [0.5, 0.6) is 5.75 Å². The van der Waals surface area contributed by atoms with Crippen molar-refractivity contribution in [3.63, 3.8) is 0 Å². The van der Waals surface area contributed by atoms with E-state index in [9.17, 15) is 4.39 Å². The van der Waals surface area contributed by atoms with Gasteiger partial charge in [-0.3, -0.25) is 0 Å². The molecule has 0 saturated heterocycles. The van der Waals surface area contributed by atoms with E-state index in [0.717, 1.165) is 34.1 Å². The number of unbranched alkanes of at least 4 members (excludes halogenated alkanes) is 1. The zero-order valence-electron chi connectivity index (χ0n) is 16.0. The molecule has 3 nitrogen and oxygen atoms in total. The lowest BCUT2D eigenvalue weighted by Crippen LogP contribution is -1.92. The van der Waals surface area contributed by atoms with Gasteiger partial charge >= 0.3 is 0 Å². The summed E-state index contributed by atoms with van der Waals surface area (Å²) >= 11 is 0. The maximum Gasteiger partial charge on any atom is 0.204 e. The lowest BCUT2D eigenvalue weighted by atomic mass is 10.0. The Kier molecular flexibility index (Phi) is 6.75. The molecule has 28 heavy (non-hydrogen) atoms. The van der Waals surface area contributed by atoms with Crippen molar-refractivity contribution in [1.82, 2.24) is 9.97 Å². The highest BCUT2D eigenvalue weighted by molar-refractivity contribution is 5.88. The van der Waals surface area contributed by atoms with Crippen molar-refractivity contribution in [2.24, 2.45) is 0 Å². The van der Waals surface area contributed by atoms with E-state index in [1.807, 2.05) is 24.3 Å². The molecule has 0 saturated carbocycles. The topological polar surface area (TPSA) is 35.0 Å². The molecule has 0 amide bonds. The second-order valence-corrected chi connectivity index (χ2v) is 6.59. The zero-order valence-corrected chi connectivity index (χ0v) is 16.0. The van der Waals surface area contributed by atoms with E-state index in [2.05, 4.69) is 40.5 Å². The molecule has 3 aromatic rings. The Morgan fingerprint density at radius 1 is 1.11 bits per heavy atom. The number of benzene rings is 2. The maximum atomic E-state index is 12.7. The fourth-order valence-corrected chi connectivity index (χ4v) is 2.80. The van der Waals surface area contributed by atoms with E-state index in [4.69, 9.17) is 4.74 Å². The molecule has 142 valence electrons. The molecule has 1 aromatic heterocycles. The first-order valence-corrected chi connectivity index (χ1v) is 9.38. The largest absolute Gasteiger partial charge is 0.490 e. The SMILES string of the molecule is C=CCOc1ccc2cc(-c3cnc(C#CCCCC(C)F)nc3)ccc2c1. The van der Waals surface area contributed by atoms with Crippen LogP contribution in [-0.2, 0) is 0 Å². The molecule has 1 heterocycles. The van der Waals surface area contributed by atoms with Crippen LogP contribution in [0.15, 0.2) is 61.4 Å². The van der Waals surface area contributed by atoms with Crippen LogP contribution >= 0.6 is 0 Å². The van der Waals surface area contributed by atoms with Crippen LogP contribution < -0.4 is 4.74 Å². The molecule has 0 aliphatic heterocycles. The highest BCUT2D eigenvalue weighted by Gasteiger charge is 2.03. The van der Waals surface area contributed by atoms with Gasteiger partial charge in [-0.2, -0.15) is 0 Å². The highest BCUT2D eigenvalue weighted by atomic mass is 19.1. The van der Waals surface area contributed by atoms with Crippen LogP contribution in [0.2, 0.25) is 0 Å². The van der Waals surface area contributed by atoms with Gasteiger partial charge in [0.05, 0.1) is 6.17 Å². The molecule has 2 aromatic carbocycles. The summed E-state index contributed by atoms with van der Waals surface area (Å²) in [6.07, 6.45) is 6.46. The van der Waals surface area contributed by atoms with Gasteiger partial charge in [0.15, 0.2) is 0 Å². The highest BCUT2D eigenvalue weighted by Crippen LogP contribution is 2.26. The molecular formula is C24H23FN2O. The van der Waals surface area contributed by atoms with Gasteiger partial charge in [0, 0.05) is 24.4 Å². The fourth-order valence-electron chi connectivity index (χ4n) is 2.80. The Morgan fingerprint density at radius 3 is 2.61 bits per heavy atom. The molecule has 4 heteroatoms. The van der Waals surface area contributed by atoms with Gasteiger partial charge in [-0.1, -0.05) is 36.8 Å². The van der Waals surface area contributed by atoms with Crippen LogP contribution in [0, 0.1) is 11.8 Å². The Balaban J connectivity index is 1.70. The molecule has 1 unspecified atom stereocenters. The van der Waals surface area contributed by atoms with Gasteiger partial charge in [0.25, 0.3) is 0 Å². The minimum absolute atomic E-state index is 0.488. The predicted octanol–water partition coefficient (Wildman–Crippen LogP) is 5.74. The number of aromatic nitrogens is 2. The summed E-state index contributed by atoms with van der Waals surface area (Å²) in [6.45, 7) is 5.72. The number of halogens is 1. The Labute approximate surface area is 165 Å². The smallest absolute Gasteiger partial charge is 0.204 e. The van der Waals surface area contributed by atoms with Crippen LogP contribution in [0.4, 0.5) is 4.39 Å². The van der Waals surface area contributed by atoms with E-state index >= 15 is 0 Å². The number of rotatable bonds is 7. The Morgan fingerprint density at radius 2 is 1.86 bits per heavy atom.